The molecule has 0 atom stereocenters. The van der Waals surface area contributed by atoms with Gasteiger partial charge in [-0.1, -0.05) is 17.7 Å². The number of carbonyl (C=O) groups excluding carboxylic acids is 1. The Morgan fingerprint density at radius 2 is 1.88 bits per heavy atom. The summed E-state index contributed by atoms with van der Waals surface area (Å²) in [4.78, 5) is 12.6. The van der Waals surface area contributed by atoms with Crippen LogP contribution in [0, 0.1) is 0 Å². The Hall–Kier alpha value is -1.41. The number of anilines is 1. The van der Waals surface area contributed by atoms with E-state index < -0.39 is 10.0 Å². The molecule has 25 heavy (non-hydrogen) atoms. The number of carbonyl (C=O) groups is 1. The zero-order valence-electron chi connectivity index (χ0n) is 13.8. The summed E-state index contributed by atoms with van der Waals surface area (Å²) in [6, 6.07) is 6.32. The fourth-order valence-electron chi connectivity index (χ4n) is 2.98. The number of nitrogens with zero attached hydrogens (tertiary/aromatic N) is 1. The van der Waals surface area contributed by atoms with Gasteiger partial charge in [0.2, 0.25) is 10.0 Å². The molecule has 1 aliphatic heterocycles. The second-order valence-electron chi connectivity index (χ2n) is 6.09. The van der Waals surface area contributed by atoms with Gasteiger partial charge in [0.1, 0.15) is 0 Å². The van der Waals surface area contributed by atoms with E-state index in [1.54, 1.807) is 12.1 Å². The second-order valence-corrected chi connectivity index (χ2v) is 8.48. The number of rotatable bonds is 4. The molecule has 8 heteroatoms. The van der Waals surface area contributed by atoms with Crippen molar-refractivity contribution in [1.29, 1.82) is 0 Å². The molecule has 1 fully saturated rings. The van der Waals surface area contributed by atoms with Gasteiger partial charge >= 0.3 is 0 Å². The minimum absolute atomic E-state index is 0.163. The lowest BCUT2D eigenvalue weighted by atomic mass is 9.98. The molecule has 0 radical (unpaired) electrons. The van der Waals surface area contributed by atoms with Gasteiger partial charge in [-0.05, 0) is 43.9 Å². The fraction of sp³-hybridized carbons (Fsp3) is 0.471. The average Bonchev–Trinajstić information content (AvgIpc) is 2.63. The van der Waals surface area contributed by atoms with Crippen molar-refractivity contribution in [3.8, 4) is 0 Å². The SMILES string of the molecule is O=C(Nc1cccc(S(=O)(=O)N2CCOCC2)c1)C1=C(Cl)CCCC1. The van der Waals surface area contributed by atoms with Gasteiger partial charge in [-0.2, -0.15) is 4.31 Å². The van der Waals surface area contributed by atoms with Crippen LogP contribution >= 0.6 is 11.6 Å². The largest absolute Gasteiger partial charge is 0.379 e. The molecule has 136 valence electrons. The van der Waals surface area contributed by atoms with E-state index in [1.807, 2.05) is 0 Å². The second kappa shape index (κ2) is 7.86. The number of sulfonamides is 1. The van der Waals surface area contributed by atoms with E-state index in [2.05, 4.69) is 5.32 Å². The molecule has 1 aromatic rings. The van der Waals surface area contributed by atoms with Crippen LogP contribution in [0.25, 0.3) is 0 Å². The quantitative estimate of drug-likeness (QED) is 0.865. The van der Waals surface area contributed by atoms with Gasteiger partial charge in [0.05, 0.1) is 18.1 Å². The average molecular weight is 385 g/mol. The van der Waals surface area contributed by atoms with Crippen molar-refractivity contribution < 1.29 is 17.9 Å². The molecule has 1 N–H and O–H groups in total. The first-order valence-corrected chi connectivity index (χ1v) is 10.2. The Kier molecular flexibility index (Phi) is 5.78. The van der Waals surface area contributed by atoms with Crippen LogP contribution in [0.2, 0.25) is 0 Å². The molecule has 1 saturated heterocycles. The van der Waals surface area contributed by atoms with Crippen molar-refractivity contribution in [2.45, 2.75) is 30.6 Å². The summed E-state index contributed by atoms with van der Waals surface area (Å²) in [5, 5.41) is 3.37. The molecule has 0 aromatic heterocycles. The molecular weight excluding hydrogens is 364 g/mol. The van der Waals surface area contributed by atoms with Crippen LogP contribution in [0.5, 0.6) is 0 Å². The Morgan fingerprint density at radius 1 is 1.16 bits per heavy atom. The van der Waals surface area contributed by atoms with E-state index >= 15 is 0 Å². The Labute approximate surface area is 152 Å². The van der Waals surface area contributed by atoms with Gasteiger partial charge in [0, 0.05) is 29.4 Å². The predicted molar refractivity (Wildman–Crippen MR) is 96.0 cm³/mol. The maximum Gasteiger partial charge on any atom is 0.252 e. The highest BCUT2D eigenvalue weighted by Gasteiger charge is 2.26. The number of halogens is 1. The number of nitrogens with one attached hydrogen (secondary N) is 1. The minimum atomic E-state index is -3.59. The lowest BCUT2D eigenvalue weighted by Crippen LogP contribution is -2.40. The maximum absolute atomic E-state index is 12.7. The standard InChI is InChI=1S/C17H21ClN2O4S/c18-16-7-2-1-6-15(16)17(21)19-13-4-3-5-14(12-13)25(22,23)20-8-10-24-11-9-20/h3-5,12H,1-2,6-11H2,(H,19,21). The molecule has 1 aromatic carbocycles. The molecule has 1 heterocycles. The van der Waals surface area contributed by atoms with Crippen molar-refractivity contribution in [2.24, 2.45) is 0 Å². The van der Waals surface area contributed by atoms with Crippen LogP contribution in [0.15, 0.2) is 39.8 Å². The van der Waals surface area contributed by atoms with E-state index in [0.29, 0.717) is 49.0 Å². The van der Waals surface area contributed by atoms with E-state index in [0.717, 1.165) is 19.3 Å². The zero-order valence-corrected chi connectivity index (χ0v) is 15.4. The highest BCUT2D eigenvalue weighted by molar-refractivity contribution is 7.89. The number of allylic oxidation sites excluding steroid dienone is 1. The number of hydrogen-bond acceptors (Lipinski definition) is 4. The molecule has 6 nitrogen and oxygen atoms in total. The summed E-state index contributed by atoms with van der Waals surface area (Å²) < 4.78 is 32.0. The summed E-state index contributed by atoms with van der Waals surface area (Å²) in [7, 11) is -3.59. The third-order valence-corrected chi connectivity index (χ3v) is 6.69. The van der Waals surface area contributed by atoms with Gasteiger partial charge < -0.3 is 10.1 Å². The number of benzene rings is 1. The van der Waals surface area contributed by atoms with Crippen LogP contribution in [-0.4, -0.2) is 44.9 Å². The summed E-state index contributed by atoms with van der Waals surface area (Å²) >= 11 is 6.15. The summed E-state index contributed by atoms with van der Waals surface area (Å²) in [5.41, 5.74) is 1.04. The van der Waals surface area contributed by atoms with Crippen molar-refractivity contribution in [3.63, 3.8) is 0 Å². The van der Waals surface area contributed by atoms with Crippen molar-refractivity contribution in [3.05, 3.63) is 34.9 Å². The first-order valence-electron chi connectivity index (χ1n) is 8.35. The highest BCUT2D eigenvalue weighted by Crippen LogP contribution is 2.28. The van der Waals surface area contributed by atoms with Crippen molar-refractivity contribution in [2.75, 3.05) is 31.6 Å². The third-order valence-electron chi connectivity index (χ3n) is 4.37. The normalized spacial score (nSPS) is 19.7. The predicted octanol–water partition coefficient (Wildman–Crippen LogP) is 2.71. The van der Waals surface area contributed by atoms with Gasteiger partial charge in [0.25, 0.3) is 5.91 Å². The Bertz CT molecular complexity index is 786. The molecule has 0 unspecified atom stereocenters. The van der Waals surface area contributed by atoms with Crippen LogP contribution in [0.3, 0.4) is 0 Å². The van der Waals surface area contributed by atoms with E-state index in [1.165, 1.54) is 16.4 Å². The molecule has 3 rings (SSSR count). The van der Waals surface area contributed by atoms with E-state index in [9.17, 15) is 13.2 Å². The van der Waals surface area contributed by atoms with Crippen molar-refractivity contribution in [1.82, 2.24) is 4.31 Å². The summed E-state index contributed by atoms with van der Waals surface area (Å²) in [5.74, 6) is -0.259. The maximum atomic E-state index is 12.7. The van der Waals surface area contributed by atoms with E-state index in [4.69, 9.17) is 16.3 Å². The van der Waals surface area contributed by atoms with Gasteiger partial charge in [-0.15, -0.1) is 0 Å². The van der Waals surface area contributed by atoms with Crippen LogP contribution < -0.4 is 5.32 Å². The van der Waals surface area contributed by atoms with Gasteiger partial charge in [-0.25, -0.2) is 8.42 Å². The Balaban J connectivity index is 1.78. The first kappa shape index (κ1) is 18.4. The number of hydrogen-bond donors (Lipinski definition) is 1. The lowest BCUT2D eigenvalue weighted by Gasteiger charge is -2.26. The molecule has 0 saturated carbocycles. The van der Waals surface area contributed by atoms with Gasteiger partial charge in [-0.3, -0.25) is 4.79 Å². The highest BCUT2D eigenvalue weighted by atomic mass is 35.5. The molecule has 1 aliphatic carbocycles. The number of morpholine rings is 1. The summed E-state index contributed by atoms with van der Waals surface area (Å²) in [6.07, 6.45) is 3.29. The first-order chi connectivity index (χ1) is 12.0. The zero-order chi connectivity index (χ0) is 17.9. The van der Waals surface area contributed by atoms with Crippen LogP contribution in [0.4, 0.5) is 5.69 Å². The van der Waals surface area contributed by atoms with Crippen LogP contribution in [-0.2, 0) is 19.6 Å². The monoisotopic (exact) mass is 384 g/mol. The molecule has 0 spiro atoms. The van der Waals surface area contributed by atoms with Gasteiger partial charge in [0.15, 0.2) is 0 Å². The molecular formula is C17H21ClN2O4S. The topological polar surface area (TPSA) is 75.7 Å². The molecule has 0 bridgehead atoms. The Morgan fingerprint density at radius 3 is 2.60 bits per heavy atom. The fourth-order valence-corrected chi connectivity index (χ4v) is 4.75. The van der Waals surface area contributed by atoms with E-state index in [-0.39, 0.29) is 10.8 Å². The summed E-state index contributed by atoms with van der Waals surface area (Å²) in [6.45, 7) is 1.45. The molecule has 2 aliphatic rings. The number of amides is 1. The van der Waals surface area contributed by atoms with Crippen molar-refractivity contribution >= 4 is 33.2 Å². The minimum Gasteiger partial charge on any atom is -0.379 e. The third kappa shape index (κ3) is 4.23. The lowest BCUT2D eigenvalue weighted by molar-refractivity contribution is -0.113. The van der Waals surface area contributed by atoms with Crippen LogP contribution in [0.1, 0.15) is 25.7 Å². The number of ether oxygens (including phenoxy) is 1. The smallest absolute Gasteiger partial charge is 0.252 e. The molecule has 1 amide bonds.